The highest BCUT2D eigenvalue weighted by Crippen LogP contribution is 1.85. The van der Waals surface area contributed by atoms with Crippen LogP contribution in [0, 0.1) is 10.1 Å². The van der Waals surface area contributed by atoms with Gasteiger partial charge in [-0.05, 0) is 6.08 Å². The molecule has 1 aliphatic heterocycles. The molecule has 10 heavy (non-hydrogen) atoms. The van der Waals surface area contributed by atoms with Gasteiger partial charge in [0.2, 0.25) is 0 Å². The molecule has 0 amide bonds. The fourth-order valence-corrected chi connectivity index (χ4v) is 0.634. The topological polar surface area (TPSA) is 67.5 Å². The number of rotatable bonds is 2. The summed E-state index contributed by atoms with van der Waals surface area (Å²) in [4.78, 5) is 13.4. The second-order valence-corrected chi connectivity index (χ2v) is 1.82. The van der Waals surface area contributed by atoms with Crippen molar-refractivity contribution in [2.24, 2.45) is 4.99 Å². The zero-order chi connectivity index (χ0) is 7.40. The highest BCUT2D eigenvalue weighted by atomic mass is 16.6. The Labute approximate surface area is 57.6 Å². The largest absolute Gasteiger partial charge is 0.345 e. The molecule has 0 aromatic rings. The van der Waals surface area contributed by atoms with Crippen LogP contribution in [-0.2, 0) is 0 Å². The van der Waals surface area contributed by atoms with E-state index >= 15 is 0 Å². The van der Waals surface area contributed by atoms with E-state index in [-0.39, 0.29) is 6.54 Å². The number of hydrogen-bond acceptors (Lipinski definition) is 4. The van der Waals surface area contributed by atoms with Crippen molar-refractivity contribution in [3.05, 3.63) is 22.4 Å². The number of hydrogen-bond donors (Lipinski definition) is 1. The number of amidine groups is 1. The van der Waals surface area contributed by atoms with Crippen LogP contribution in [0.25, 0.3) is 0 Å². The molecule has 5 heteroatoms. The minimum Gasteiger partial charge on any atom is -0.345 e. The normalized spacial score (nSPS) is 15.8. The van der Waals surface area contributed by atoms with Crippen LogP contribution in [0.15, 0.2) is 17.3 Å². The second kappa shape index (κ2) is 2.95. The van der Waals surface area contributed by atoms with Gasteiger partial charge in [-0.2, -0.15) is 0 Å². The fraction of sp³-hybridized carbons (Fsp3) is 0.400. The van der Waals surface area contributed by atoms with E-state index in [2.05, 4.69) is 10.3 Å². The molecule has 0 spiro atoms. The van der Waals surface area contributed by atoms with E-state index in [0.29, 0.717) is 12.4 Å². The van der Waals surface area contributed by atoms with E-state index in [1.807, 2.05) is 0 Å². The van der Waals surface area contributed by atoms with Crippen LogP contribution < -0.4 is 5.32 Å². The average Bonchev–Trinajstić information content (AvgIpc) is 1.88. The molecule has 0 saturated carbocycles. The number of nitrogens with one attached hydrogen (secondary N) is 1. The first-order valence-corrected chi connectivity index (χ1v) is 2.86. The third-order valence-electron chi connectivity index (χ3n) is 1.03. The van der Waals surface area contributed by atoms with Crippen LogP contribution in [0.1, 0.15) is 0 Å². The quantitative estimate of drug-likeness (QED) is 0.427. The van der Waals surface area contributed by atoms with Crippen molar-refractivity contribution in [2.75, 3.05) is 13.1 Å². The van der Waals surface area contributed by atoms with Gasteiger partial charge in [-0.25, -0.2) is 0 Å². The lowest BCUT2D eigenvalue weighted by Crippen LogP contribution is -2.28. The summed E-state index contributed by atoms with van der Waals surface area (Å²) < 4.78 is 0. The van der Waals surface area contributed by atoms with E-state index in [9.17, 15) is 10.1 Å². The molecule has 1 aliphatic rings. The van der Waals surface area contributed by atoms with Crippen molar-refractivity contribution in [2.45, 2.75) is 0 Å². The highest BCUT2D eigenvalue weighted by molar-refractivity contribution is 5.84. The maximum absolute atomic E-state index is 9.93. The Hall–Kier alpha value is -1.39. The average molecular weight is 141 g/mol. The van der Waals surface area contributed by atoms with Crippen LogP contribution in [-0.4, -0.2) is 23.8 Å². The third kappa shape index (κ3) is 1.85. The van der Waals surface area contributed by atoms with E-state index in [4.69, 9.17) is 0 Å². The van der Waals surface area contributed by atoms with Gasteiger partial charge in [-0.15, -0.1) is 0 Å². The monoisotopic (exact) mass is 141 g/mol. The summed E-state index contributed by atoms with van der Waals surface area (Å²) in [5.74, 6) is 0.424. The number of aliphatic imine (C=N–C) groups is 1. The lowest BCUT2D eigenvalue weighted by atomic mass is 10.5. The Morgan fingerprint density at radius 3 is 3.20 bits per heavy atom. The zero-order valence-electron chi connectivity index (χ0n) is 5.28. The van der Waals surface area contributed by atoms with Crippen LogP contribution in [0.3, 0.4) is 0 Å². The molecule has 0 radical (unpaired) electrons. The van der Waals surface area contributed by atoms with E-state index in [0.717, 1.165) is 0 Å². The van der Waals surface area contributed by atoms with Gasteiger partial charge in [-0.3, -0.25) is 15.1 Å². The maximum Gasteiger partial charge on any atom is 0.260 e. The summed E-state index contributed by atoms with van der Waals surface area (Å²) in [7, 11) is 0. The maximum atomic E-state index is 9.93. The smallest absolute Gasteiger partial charge is 0.260 e. The summed E-state index contributed by atoms with van der Waals surface area (Å²) in [6.45, 7) is 0.320. The minimum absolute atomic E-state index is 0.218. The molecule has 1 heterocycles. The molecule has 0 unspecified atom stereocenters. The summed E-state index contributed by atoms with van der Waals surface area (Å²) in [5.41, 5.74) is 0. The van der Waals surface area contributed by atoms with E-state index < -0.39 is 4.92 Å². The van der Waals surface area contributed by atoms with Crippen molar-refractivity contribution in [1.29, 1.82) is 0 Å². The molecule has 0 atom stereocenters. The predicted octanol–water partition coefficient (Wildman–Crippen LogP) is -0.222. The Kier molecular flexibility index (Phi) is 1.99. The molecule has 0 saturated heterocycles. The molecule has 0 aromatic heterocycles. The van der Waals surface area contributed by atoms with Gasteiger partial charge in [0.25, 0.3) is 6.54 Å². The lowest BCUT2D eigenvalue weighted by molar-refractivity contribution is -0.463. The predicted molar refractivity (Wildman–Crippen MR) is 36.4 cm³/mol. The second-order valence-electron chi connectivity index (χ2n) is 1.82. The van der Waals surface area contributed by atoms with Gasteiger partial charge in [0.15, 0.2) is 5.84 Å². The summed E-state index contributed by atoms with van der Waals surface area (Å²) in [6, 6.07) is 0. The molecule has 5 nitrogen and oxygen atoms in total. The van der Waals surface area contributed by atoms with Gasteiger partial charge in [0.1, 0.15) is 0 Å². The Balaban J connectivity index is 2.41. The first-order chi connectivity index (χ1) is 4.79. The summed E-state index contributed by atoms with van der Waals surface area (Å²) in [6.07, 6.45) is 3.45. The first-order valence-electron chi connectivity index (χ1n) is 2.86. The van der Waals surface area contributed by atoms with Crippen molar-refractivity contribution in [3.63, 3.8) is 0 Å². The molecule has 1 N–H and O–H groups in total. The molecular formula is C5H7N3O2. The Bertz CT molecular complexity index is 197. The van der Waals surface area contributed by atoms with E-state index in [1.54, 1.807) is 12.3 Å². The molecule has 0 bridgehead atoms. The molecule has 0 aliphatic carbocycles. The van der Waals surface area contributed by atoms with E-state index in [1.165, 1.54) is 0 Å². The molecule has 0 aromatic carbocycles. The minimum atomic E-state index is -0.412. The number of nitro groups is 1. The zero-order valence-corrected chi connectivity index (χ0v) is 5.28. The SMILES string of the molecule is O=[N+]([O-])CC1=NCC=CN1. The highest BCUT2D eigenvalue weighted by Gasteiger charge is 2.05. The van der Waals surface area contributed by atoms with Crippen molar-refractivity contribution in [3.8, 4) is 0 Å². The van der Waals surface area contributed by atoms with Crippen molar-refractivity contribution in [1.82, 2.24) is 5.32 Å². The van der Waals surface area contributed by atoms with Gasteiger partial charge in [0, 0.05) is 11.1 Å². The van der Waals surface area contributed by atoms with Gasteiger partial charge in [-0.1, -0.05) is 0 Å². The van der Waals surface area contributed by atoms with Crippen LogP contribution >= 0.6 is 0 Å². The van der Waals surface area contributed by atoms with Crippen molar-refractivity contribution < 1.29 is 4.92 Å². The third-order valence-corrected chi connectivity index (χ3v) is 1.03. The van der Waals surface area contributed by atoms with Crippen LogP contribution in [0.2, 0.25) is 0 Å². The molecular weight excluding hydrogens is 134 g/mol. The summed E-state index contributed by atoms with van der Waals surface area (Å²) in [5, 5.41) is 12.6. The molecule has 54 valence electrons. The van der Waals surface area contributed by atoms with Crippen molar-refractivity contribution >= 4 is 5.84 Å². The molecule has 1 rings (SSSR count). The molecule has 0 fully saturated rings. The van der Waals surface area contributed by atoms with Gasteiger partial charge < -0.3 is 5.32 Å². The first kappa shape index (κ1) is 6.73. The standard InChI is InChI=1S/C5H7N3O2/c9-8(10)4-5-6-2-1-3-7-5/h1-2H,3-4H2,(H,6,7). The van der Waals surface area contributed by atoms with Gasteiger partial charge >= 0.3 is 0 Å². The fourth-order valence-electron chi connectivity index (χ4n) is 0.634. The summed E-state index contributed by atoms with van der Waals surface area (Å²) >= 11 is 0. The lowest BCUT2D eigenvalue weighted by Gasteiger charge is -2.03. The van der Waals surface area contributed by atoms with Gasteiger partial charge in [0.05, 0.1) is 6.54 Å². The number of nitrogens with zero attached hydrogens (tertiary/aromatic N) is 2. The Morgan fingerprint density at radius 2 is 2.70 bits per heavy atom. The van der Waals surface area contributed by atoms with Crippen LogP contribution in [0.4, 0.5) is 0 Å². The van der Waals surface area contributed by atoms with Crippen LogP contribution in [0.5, 0.6) is 0 Å². The Morgan fingerprint density at radius 1 is 1.90 bits per heavy atom.